The van der Waals surface area contributed by atoms with Gasteiger partial charge in [-0.25, -0.2) is 33.9 Å². The zero-order valence-electron chi connectivity index (χ0n) is 40.3. The van der Waals surface area contributed by atoms with Crippen LogP contribution < -0.4 is 62.8 Å². The van der Waals surface area contributed by atoms with Gasteiger partial charge in [-0.1, -0.05) is 0 Å². The number of phenols is 1. The van der Waals surface area contributed by atoms with E-state index < -0.39 is 40.5 Å². The first-order valence-corrected chi connectivity index (χ1v) is 20.5. The van der Waals surface area contributed by atoms with Crippen molar-refractivity contribution in [2.24, 2.45) is 0 Å². The van der Waals surface area contributed by atoms with Gasteiger partial charge < -0.3 is 93.5 Å². The van der Waals surface area contributed by atoms with E-state index in [9.17, 15) is 39.2 Å². The molecule has 1 heterocycles. The van der Waals surface area contributed by atoms with Crippen LogP contribution in [-0.4, -0.2) is 118 Å². The first-order valence-electron chi connectivity index (χ1n) is 20.5. The number of rotatable bonds is 12. The predicted octanol–water partition coefficient (Wildman–Crippen LogP) is 5.18. The zero-order chi connectivity index (χ0) is 56.6. The van der Waals surface area contributed by atoms with E-state index in [0.29, 0.717) is 50.7 Å². The molecule has 0 atom stereocenters. The highest BCUT2D eigenvalue weighted by Gasteiger charge is 2.21. The number of aromatic carboxylic acids is 5. The molecule has 7 aromatic rings. The van der Waals surface area contributed by atoms with E-state index >= 15 is 0 Å². The van der Waals surface area contributed by atoms with Crippen LogP contribution in [0, 0.1) is 10.1 Å². The van der Waals surface area contributed by atoms with Crippen molar-refractivity contribution < 1.29 is 88.0 Å². The molecule has 0 fully saturated rings. The first kappa shape index (κ1) is 58.4. The van der Waals surface area contributed by atoms with Gasteiger partial charge >= 0.3 is 29.8 Å². The third-order valence-corrected chi connectivity index (χ3v) is 9.83. The van der Waals surface area contributed by atoms with Gasteiger partial charge in [0.2, 0.25) is 0 Å². The van der Waals surface area contributed by atoms with E-state index in [-0.39, 0.29) is 73.6 Å². The highest BCUT2D eigenvalue weighted by molar-refractivity contribution is 6.01. The smallest absolute Gasteiger partial charge is 0.336 e. The van der Waals surface area contributed by atoms with Gasteiger partial charge in [0, 0.05) is 6.07 Å². The average Bonchev–Trinajstić information content (AvgIpc) is 3.37. The Hall–Kier alpha value is -10.9. The maximum absolute atomic E-state index is 11.2. The molecule has 0 unspecified atom stereocenters. The number of anilines is 6. The SMILES string of the molecule is COc1cc(C(=O)O)cc(N)c1N.COc1cc(C(=O)O)cc([N+](=O)[O-])c1N.COc1cc(C(=O)O)cc2nc3c(OC)c(N)c(N)cc3nc12.COc1cc(C(=O)O)ccc1N.COc1cc(C(=O)O)ccc1O. The molecule has 0 aliphatic rings. The van der Waals surface area contributed by atoms with Crippen LogP contribution in [0.4, 0.5) is 39.8 Å². The fourth-order valence-corrected chi connectivity index (χ4v) is 6.03. The average molecular weight is 1040 g/mol. The number of aromatic hydroxyl groups is 1. The van der Waals surface area contributed by atoms with Crippen LogP contribution in [0.3, 0.4) is 0 Å². The minimum atomic E-state index is -1.28. The number of aromatic nitrogens is 2. The number of hydrogen-bond acceptors (Lipinski definition) is 22. The number of fused-ring (bicyclic) bond motifs is 2. The Morgan fingerprint density at radius 1 is 0.440 bits per heavy atom. The fourth-order valence-electron chi connectivity index (χ4n) is 6.03. The molecule has 0 aliphatic heterocycles. The van der Waals surface area contributed by atoms with Crippen LogP contribution in [0.5, 0.6) is 40.2 Å². The molecule has 0 bridgehead atoms. The molecule has 7 rings (SSSR count). The van der Waals surface area contributed by atoms with Gasteiger partial charge in [-0.2, -0.15) is 0 Å². The van der Waals surface area contributed by atoms with Gasteiger partial charge in [0.05, 0.1) is 115 Å². The van der Waals surface area contributed by atoms with Gasteiger partial charge in [-0.05, 0) is 72.8 Å². The molecule has 0 amide bonds. The second-order valence-corrected chi connectivity index (χ2v) is 14.5. The van der Waals surface area contributed by atoms with Crippen molar-refractivity contribution in [3.05, 3.63) is 117 Å². The number of benzene rings is 6. The van der Waals surface area contributed by atoms with Crippen LogP contribution in [0.2, 0.25) is 0 Å². The Kier molecular flexibility index (Phi) is 20.1. The fraction of sp³-hybridized carbons (Fsp3) is 0.128. The summed E-state index contributed by atoms with van der Waals surface area (Å²) in [6.07, 6.45) is 0. The normalized spacial score (nSPS) is 9.95. The lowest BCUT2D eigenvalue weighted by Gasteiger charge is -2.12. The summed E-state index contributed by atoms with van der Waals surface area (Å²) in [5, 5.41) is 63.3. The van der Waals surface area contributed by atoms with Crippen LogP contribution in [0.25, 0.3) is 22.1 Å². The van der Waals surface area contributed by atoms with E-state index in [2.05, 4.69) is 9.97 Å². The molecule has 0 saturated carbocycles. The maximum Gasteiger partial charge on any atom is 0.336 e. The standard InChI is InChI=1S/C15H14N4O4.C8H8N2O5.C8H10N2O3.C8H9NO3.C8H8O4/c1-22-10-4-6(15(20)21)3-8-12(10)18-9-5-7(16)11(17)14(23-2)13(9)19-8;1-15-6-3-4(8(11)12)2-5(7(6)9)10(13)14;1-13-6-3-4(8(11)12)2-5(9)7(6)10;2*1-12-7-4-5(8(10)11)2-3-6(7)9/h3-5H,16-17H2,1-2H3,(H,20,21);2-3H,9H2,1H3,(H,11,12);2-3H,9-10H2,1H3,(H,11,12);2-4H,9H2,1H3,(H,10,11);2-4,9H,1H3,(H,10,11). The van der Waals surface area contributed by atoms with Crippen molar-refractivity contribution in [3.63, 3.8) is 0 Å². The molecule has 75 heavy (non-hydrogen) atoms. The minimum absolute atomic E-state index is 0.0263. The molecule has 28 heteroatoms. The number of carbonyl (C=O) groups is 5. The summed E-state index contributed by atoms with van der Waals surface area (Å²) in [6.45, 7) is 0. The molecular weight excluding hydrogens is 995 g/mol. The van der Waals surface area contributed by atoms with Gasteiger partial charge in [0.25, 0.3) is 5.69 Å². The van der Waals surface area contributed by atoms with Gasteiger partial charge in [-0.15, -0.1) is 0 Å². The van der Waals surface area contributed by atoms with Crippen molar-refractivity contribution >= 4 is 91.7 Å². The van der Waals surface area contributed by atoms with Crippen molar-refractivity contribution in [1.82, 2.24) is 9.97 Å². The summed E-state index contributed by atoms with van der Waals surface area (Å²) >= 11 is 0. The lowest BCUT2D eigenvalue weighted by Crippen LogP contribution is -2.03. The third kappa shape index (κ3) is 14.6. The molecule has 396 valence electrons. The van der Waals surface area contributed by atoms with Crippen molar-refractivity contribution in [2.45, 2.75) is 0 Å². The quantitative estimate of drug-likeness (QED) is 0.0324. The van der Waals surface area contributed by atoms with Crippen LogP contribution in [0.1, 0.15) is 51.8 Å². The number of hydrogen-bond donors (Lipinski definition) is 12. The number of phenolic OH excluding ortho intramolecular Hbond substituents is 1. The second kappa shape index (κ2) is 25.8. The molecule has 18 N–H and O–H groups in total. The Morgan fingerprint density at radius 2 is 0.840 bits per heavy atom. The lowest BCUT2D eigenvalue weighted by molar-refractivity contribution is -0.384. The Labute approximate surface area is 422 Å². The number of nitrogens with two attached hydrogens (primary N) is 6. The number of nitro groups is 1. The molecule has 0 aliphatic carbocycles. The van der Waals surface area contributed by atoms with Crippen molar-refractivity contribution in [2.75, 3.05) is 77.1 Å². The van der Waals surface area contributed by atoms with Crippen molar-refractivity contribution in [3.8, 4) is 40.2 Å². The number of carboxylic acid groups (broad SMARTS) is 5. The topological polar surface area (TPSA) is 487 Å². The molecule has 6 aromatic carbocycles. The highest BCUT2D eigenvalue weighted by atomic mass is 16.6. The summed E-state index contributed by atoms with van der Waals surface area (Å²) in [4.78, 5) is 72.1. The number of ether oxygens (including phenoxy) is 6. The molecule has 28 nitrogen and oxygen atoms in total. The Bertz CT molecular complexity index is 3250. The summed E-state index contributed by atoms with van der Waals surface area (Å²) in [5.74, 6) is -4.14. The molecule has 1 aromatic heterocycles. The van der Waals surface area contributed by atoms with E-state index in [1.54, 1.807) is 6.07 Å². The summed E-state index contributed by atoms with van der Waals surface area (Å²) in [6, 6.07) is 17.2. The van der Waals surface area contributed by atoms with Gasteiger partial charge in [-0.3, -0.25) is 10.1 Å². The Balaban J connectivity index is 0.000000254. The van der Waals surface area contributed by atoms with Gasteiger partial charge in [0.15, 0.2) is 22.9 Å². The molecule has 0 saturated heterocycles. The van der Waals surface area contributed by atoms with Crippen LogP contribution >= 0.6 is 0 Å². The van der Waals surface area contributed by atoms with Crippen LogP contribution in [0.15, 0.2) is 78.9 Å². The van der Waals surface area contributed by atoms with E-state index in [0.717, 1.165) is 12.1 Å². The van der Waals surface area contributed by atoms with Gasteiger partial charge in [0.1, 0.15) is 34.0 Å². The minimum Gasteiger partial charge on any atom is -0.504 e. The number of nitro benzene ring substituents is 1. The molecule has 0 spiro atoms. The van der Waals surface area contributed by atoms with Crippen molar-refractivity contribution in [1.29, 1.82) is 0 Å². The van der Waals surface area contributed by atoms with E-state index in [1.807, 2.05) is 0 Å². The summed E-state index contributed by atoms with van der Waals surface area (Å²) in [7, 11) is 8.34. The number of nitrogen functional groups attached to an aromatic ring is 6. The number of methoxy groups -OCH3 is 6. The predicted molar refractivity (Wildman–Crippen MR) is 272 cm³/mol. The monoisotopic (exact) mass is 1040 g/mol. The maximum atomic E-state index is 11.2. The number of nitrogens with zero attached hydrogens (tertiary/aromatic N) is 3. The molecular formula is C47H49N9O19. The Morgan fingerprint density at radius 3 is 1.32 bits per heavy atom. The van der Waals surface area contributed by atoms with E-state index in [1.165, 1.54) is 103 Å². The zero-order valence-corrected chi connectivity index (χ0v) is 40.3. The number of carboxylic acids is 5. The third-order valence-electron chi connectivity index (χ3n) is 9.83. The first-order chi connectivity index (χ1) is 35.3. The molecule has 0 radical (unpaired) electrons. The van der Waals surface area contributed by atoms with E-state index in [4.69, 9.17) is 88.4 Å². The summed E-state index contributed by atoms with van der Waals surface area (Å²) in [5.41, 5.74) is 36.2. The highest BCUT2D eigenvalue weighted by Crippen LogP contribution is 2.37. The van der Waals surface area contributed by atoms with Crippen LogP contribution in [-0.2, 0) is 0 Å². The largest absolute Gasteiger partial charge is 0.504 e. The second-order valence-electron chi connectivity index (χ2n) is 14.5. The summed E-state index contributed by atoms with van der Waals surface area (Å²) < 4.78 is 29.6. The lowest BCUT2D eigenvalue weighted by atomic mass is 10.1.